The van der Waals surface area contributed by atoms with Gasteiger partial charge in [0, 0.05) is 11.6 Å². The second-order valence-electron chi connectivity index (χ2n) is 4.60. The number of rotatable bonds is 2. The van der Waals surface area contributed by atoms with Crippen LogP contribution in [0.2, 0.25) is 0 Å². The molecule has 0 spiro atoms. The highest BCUT2D eigenvalue weighted by molar-refractivity contribution is 5.91. The molecular formula is C11H17N3O2. The Morgan fingerprint density at radius 2 is 2.25 bits per heavy atom. The molecule has 16 heavy (non-hydrogen) atoms. The van der Waals surface area contributed by atoms with Gasteiger partial charge in [0.1, 0.15) is 0 Å². The Kier molecular flexibility index (Phi) is 2.96. The highest BCUT2D eigenvalue weighted by Gasteiger charge is 2.29. The molecule has 1 aromatic heterocycles. The number of nitrogens with zero attached hydrogens (tertiary/aromatic N) is 1. The number of piperidine rings is 1. The van der Waals surface area contributed by atoms with Gasteiger partial charge in [-0.3, -0.25) is 4.79 Å². The molecule has 1 fully saturated rings. The van der Waals surface area contributed by atoms with E-state index < -0.39 is 0 Å². The SMILES string of the molecule is Cc1cc(C(=O)NC2(C)CCNCC2)on1. The summed E-state index contributed by atoms with van der Waals surface area (Å²) in [5, 5.41) is 9.99. The van der Waals surface area contributed by atoms with Gasteiger partial charge in [-0.25, -0.2) is 0 Å². The van der Waals surface area contributed by atoms with Crippen LogP contribution in [0, 0.1) is 6.92 Å². The van der Waals surface area contributed by atoms with Crippen molar-refractivity contribution in [3.8, 4) is 0 Å². The van der Waals surface area contributed by atoms with E-state index in [1.807, 2.05) is 0 Å². The van der Waals surface area contributed by atoms with Crippen LogP contribution >= 0.6 is 0 Å². The summed E-state index contributed by atoms with van der Waals surface area (Å²) < 4.78 is 4.93. The Balaban J connectivity index is 2.01. The highest BCUT2D eigenvalue weighted by Crippen LogP contribution is 2.18. The Hall–Kier alpha value is -1.36. The van der Waals surface area contributed by atoms with E-state index in [-0.39, 0.29) is 17.2 Å². The molecule has 1 saturated heterocycles. The van der Waals surface area contributed by atoms with Crippen molar-refractivity contribution >= 4 is 5.91 Å². The molecule has 1 aliphatic heterocycles. The van der Waals surface area contributed by atoms with Crippen molar-refractivity contribution in [2.75, 3.05) is 13.1 Å². The van der Waals surface area contributed by atoms with Gasteiger partial charge in [-0.15, -0.1) is 0 Å². The molecule has 1 aliphatic rings. The third-order valence-corrected chi connectivity index (χ3v) is 2.97. The quantitative estimate of drug-likeness (QED) is 0.780. The highest BCUT2D eigenvalue weighted by atomic mass is 16.5. The average molecular weight is 223 g/mol. The van der Waals surface area contributed by atoms with E-state index in [0.717, 1.165) is 31.6 Å². The molecule has 2 N–H and O–H groups in total. The minimum atomic E-state index is -0.176. The first-order valence-electron chi connectivity index (χ1n) is 5.56. The first kappa shape index (κ1) is 11.1. The van der Waals surface area contributed by atoms with E-state index in [2.05, 4.69) is 22.7 Å². The lowest BCUT2D eigenvalue weighted by molar-refractivity contribution is 0.0849. The molecular weight excluding hydrogens is 206 g/mol. The standard InChI is InChI=1S/C11H17N3O2/c1-8-7-9(16-14-8)10(15)13-11(2)3-5-12-6-4-11/h7,12H,3-6H2,1-2H3,(H,13,15). The number of hydrogen-bond donors (Lipinski definition) is 2. The Bertz CT molecular complexity index is 380. The van der Waals surface area contributed by atoms with Crippen LogP contribution in [0.15, 0.2) is 10.6 Å². The van der Waals surface area contributed by atoms with Gasteiger partial charge in [-0.1, -0.05) is 5.16 Å². The third kappa shape index (κ3) is 2.41. The van der Waals surface area contributed by atoms with E-state index in [9.17, 15) is 4.79 Å². The number of nitrogens with one attached hydrogen (secondary N) is 2. The number of carbonyl (C=O) groups is 1. The average Bonchev–Trinajstić information content (AvgIpc) is 2.65. The van der Waals surface area contributed by atoms with Crippen LogP contribution in [0.3, 0.4) is 0 Å². The van der Waals surface area contributed by atoms with Gasteiger partial charge in [-0.05, 0) is 39.8 Å². The lowest BCUT2D eigenvalue weighted by atomic mass is 9.90. The summed E-state index contributed by atoms with van der Waals surface area (Å²) >= 11 is 0. The van der Waals surface area contributed by atoms with Gasteiger partial charge in [-0.2, -0.15) is 0 Å². The number of amides is 1. The molecule has 1 amide bonds. The fourth-order valence-corrected chi connectivity index (χ4v) is 1.91. The van der Waals surface area contributed by atoms with Gasteiger partial charge in [0.25, 0.3) is 5.91 Å². The maximum Gasteiger partial charge on any atom is 0.290 e. The predicted octanol–water partition coefficient (Wildman–Crippen LogP) is 0.855. The summed E-state index contributed by atoms with van der Waals surface area (Å²) in [6.45, 7) is 5.74. The Labute approximate surface area is 94.6 Å². The van der Waals surface area contributed by atoms with Crippen molar-refractivity contribution < 1.29 is 9.32 Å². The van der Waals surface area contributed by atoms with E-state index in [0.29, 0.717) is 0 Å². The Morgan fingerprint density at radius 3 is 2.81 bits per heavy atom. The van der Waals surface area contributed by atoms with Crippen molar-refractivity contribution in [3.05, 3.63) is 17.5 Å². The van der Waals surface area contributed by atoms with Crippen LogP contribution in [-0.4, -0.2) is 29.7 Å². The molecule has 1 aromatic rings. The van der Waals surface area contributed by atoms with E-state index in [1.54, 1.807) is 13.0 Å². The molecule has 0 aromatic carbocycles. The molecule has 2 heterocycles. The molecule has 0 bridgehead atoms. The third-order valence-electron chi connectivity index (χ3n) is 2.97. The monoisotopic (exact) mass is 223 g/mol. The predicted molar refractivity (Wildman–Crippen MR) is 59.2 cm³/mol. The summed E-state index contributed by atoms with van der Waals surface area (Å²) in [4.78, 5) is 11.9. The zero-order valence-corrected chi connectivity index (χ0v) is 9.67. The summed E-state index contributed by atoms with van der Waals surface area (Å²) in [5.41, 5.74) is 0.587. The van der Waals surface area contributed by atoms with Gasteiger partial charge in [0.15, 0.2) is 0 Å². The fourth-order valence-electron chi connectivity index (χ4n) is 1.91. The number of carbonyl (C=O) groups excluding carboxylic acids is 1. The minimum Gasteiger partial charge on any atom is -0.351 e. The largest absolute Gasteiger partial charge is 0.351 e. The first-order chi connectivity index (χ1) is 7.59. The fraction of sp³-hybridized carbons (Fsp3) is 0.636. The van der Waals surface area contributed by atoms with Crippen LogP contribution in [0.5, 0.6) is 0 Å². The molecule has 0 unspecified atom stereocenters. The van der Waals surface area contributed by atoms with Crippen LogP contribution in [-0.2, 0) is 0 Å². The summed E-state index contributed by atoms with van der Waals surface area (Å²) in [7, 11) is 0. The molecule has 0 aliphatic carbocycles. The molecule has 5 nitrogen and oxygen atoms in total. The maximum atomic E-state index is 11.9. The first-order valence-corrected chi connectivity index (χ1v) is 5.56. The van der Waals surface area contributed by atoms with Crippen molar-refractivity contribution in [1.29, 1.82) is 0 Å². The smallest absolute Gasteiger partial charge is 0.290 e. The number of aryl methyl sites for hydroxylation is 1. The molecule has 5 heteroatoms. The Morgan fingerprint density at radius 1 is 1.56 bits per heavy atom. The second kappa shape index (κ2) is 4.25. The zero-order chi connectivity index (χ0) is 11.6. The van der Waals surface area contributed by atoms with E-state index >= 15 is 0 Å². The van der Waals surface area contributed by atoms with Crippen LogP contribution < -0.4 is 10.6 Å². The number of aromatic nitrogens is 1. The van der Waals surface area contributed by atoms with Crippen LogP contribution in [0.25, 0.3) is 0 Å². The molecule has 0 saturated carbocycles. The zero-order valence-electron chi connectivity index (χ0n) is 9.67. The van der Waals surface area contributed by atoms with Gasteiger partial charge < -0.3 is 15.2 Å². The summed E-state index contributed by atoms with van der Waals surface area (Å²) in [6, 6.07) is 1.65. The molecule has 2 rings (SSSR count). The van der Waals surface area contributed by atoms with Crippen molar-refractivity contribution in [3.63, 3.8) is 0 Å². The van der Waals surface area contributed by atoms with Crippen molar-refractivity contribution in [2.45, 2.75) is 32.2 Å². The normalized spacial score (nSPS) is 19.4. The minimum absolute atomic E-state index is 0.136. The van der Waals surface area contributed by atoms with Gasteiger partial charge >= 0.3 is 0 Å². The second-order valence-corrected chi connectivity index (χ2v) is 4.60. The molecule has 0 radical (unpaired) electrons. The topological polar surface area (TPSA) is 67.2 Å². The van der Waals surface area contributed by atoms with E-state index in [1.165, 1.54) is 0 Å². The lowest BCUT2D eigenvalue weighted by Crippen LogP contribution is -2.52. The van der Waals surface area contributed by atoms with Crippen molar-refractivity contribution in [2.24, 2.45) is 0 Å². The van der Waals surface area contributed by atoms with E-state index in [4.69, 9.17) is 4.52 Å². The van der Waals surface area contributed by atoms with Crippen LogP contribution in [0.4, 0.5) is 0 Å². The summed E-state index contributed by atoms with van der Waals surface area (Å²) in [5.74, 6) is 0.113. The number of hydrogen-bond acceptors (Lipinski definition) is 4. The maximum absolute atomic E-state index is 11.9. The lowest BCUT2D eigenvalue weighted by Gasteiger charge is -2.34. The molecule has 0 atom stereocenters. The summed E-state index contributed by atoms with van der Waals surface area (Å²) in [6.07, 6.45) is 1.87. The van der Waals surface area contributed by atoms with Crippen LogP contribution in [0.1, 0.15) is 36.0 Å². The van der Waals surface area contributed by atoms with Crippen molar-refractivity contribution in [1.82, 2.24) is 15.8 Å². The van der Waals surface area contributed by atoms with Gasteiger partial charge in [0.2, 0.25) is 5.76 Å². The molecule has 88 valence electrons. The van der Waals surface area contributed by atoms with Gasteiger partial charge in [0.05, 0.1) is 5.69 Å².